The van der Waals surface area contributed by atoms with Crippen LogP contribution in [0.3, 0.4) is 0 Å². The number of sulfonamides is 1. The lowest BCUT2D eigenvalue weighted by atomic mass is 9.97. The Morgan fingerprint density at radius 1 is 1.29 bits per heavy atom. The highest BCUT2D eigenvalue weighted by Gasteiger charge is 2.24. The lowest BCUT2D eigenvalue weighted by molar-refractivity contribution is -0.385. The normalized spacial score (nSPS) is 16.2. The van der Waals surface area contributed by atoms with E-state index in [1.165, 1.54) is 17.7 Å². The van der Waals surface area contributed by atoms with Crippen molar-refractivity contribution >= 4 is 15.7 Å². The summed E-state index contributed by atoms with van der Waals surface area (Å²) in [7, 11) is -3.78. The molecule has 0 aliphatic carbocycles. The van der Waals surface area contributed by atoms with Crippen molar-refractivity contribution in [2.75, 3.05) is 19.6 Å². The van der Waals surface area contributed by atoms with E-state index in [1.54, 1.807) is 13.1 Å². The average Bonchev–Trinajstić information content (AvgIpc) is 2.68. The highest BCUT2D eigenvalue weighted by molar-refractivity contribution is 7.89. The second-order valence-corrected chi connectivity index (χ2v) is 8.87. The first-order valence-corrected chi connectivity index (χ1v) is 10.7. The maximum atomic E-state index is 12.6. The van der Waals surface area contributed by atoms with Crippen LogP contribution >= 0.6 is 0 Å². The van der Waals surface area contributed by atoms with Crippen molar-refractivity contribution in [2.45, 2.75) is 31.2 Å². The third-order valence-electron chi connectivity index (χ3n) is 5.07. The molecular formula is C19H24N4O4S. The molecule has 28 heavy (non-hydrogen) atoms. The Balaban J connectivity index is 1.55. The summed E-state index contributed by atoms with van der Waals surface area (Å²) >= 11 is 0. The molecule has 3 rings (SSSR count). The zero-order chi connectivity index (χ0) is 20.1. The van der Waals surface area contributed by atoms with Crippen LogP contribution in [0.15, 0.2) is 47.6 Å². The Morgan fingerprint density at radius 3 is 2.68 bits per heavy atom. The van der Waals surface area contributed by atoms with Gasteiger partial charge in [0, 0.05) is 37.6 Å². The van der Waals surface area contributed by atoms with Gasteiger partial charge in [-0.3, -0.25) is 20.0 Å². The standard InChI is InChI=1S/C19H24N4O4S/c1-15-4-5-18(23(24)25)11-19(15)28(26,27)21-13-16-6-9-22(10-7-16)14-17-3-2-8-20-12-17/h2-5,8,11-12,16,21H,6-7,9-10,13-14H2,1H3. The maximum Gasteiger partial charge on any atom is 0.270 e. The van der Waals surface area contributed by atoms with Gasteiger partial charge in [-0.1, -0.05) is 12.1 Å². The molecule has 1 N–H and O–H groups in total. The Morgan fingerprint density at radius 2 is 2.04 bits per heavy atom. The fourth-order valence-electron chi connectivity index (χ4n) is 3.40. The van der Waals surface area contributed by atoms with Crippen LogP contribution < -0.4 is 4.72 Å². The lowest BCUT2D eigenvalue weighted by Crippen LogP contribution is -2.38. The third-order valence-corrected chi connectivity index (χ3v) is 6.64. The molecule has 0 radical (unpaired) electrons. The molecule has 9 heteroatoms. The van der Waals surface area contributed by atoms with Gasteiger partial charge >= 0.3 is 0 Å². The first kappa shape index (κ1) is 20.4. The van der Waals surface area contributed by atoms with Gasteiger partial charge in [0.25, 0.3) is 5.69 Å². The molecule has 0 atom stereocenters. The monoisotopic (exact) mass is 404 g/mol. The summed E-state index contributed by atoms with van der Waals surface area (Å²) in [5.41, 5.74) is 1.43. The van der Waals surface area contributed by atoms with Crippen LogP contribution in [0.2, 0.25) is 0 Å². The van der Waals surface area contributed by atoms with Crippen LogP contribution in [0, 0.1) is 23.0 Å². The van der Waals surface area contributed by atoms with Gasteiger partial charge in [0.2, 0.25) is 10.0 Å². The van der Waals surface area contributed by atoms with Crippen molar-refractivity contribution in [3.05, 3.63) is 64.0 Å². The number of nitrogens with zero attached hydrogens (tertiary/aromatic N) is 3. The molecule has 1 aromatic heterocycles. The van der Waals surface area contributed by atoms with E-state index in [-0.39, 0.29) is 16.5 Å². The molecular weight excluding hydrogens is 380 g/mol. The number of piperidine rings is 1. The molecule has 0 amide bonds. The van der Waals surface area contributed by atoms with Crippen molar-refractivity contribution in [1.29, 1.82) is 0 Å². The SMILES string of the molecule is Cc1ccc([N+](=O)[O-])cc1S(=O)(=O)NCC1CCN(Cc2cccnc2)CC1. The Bertz CT molecular complexity index is 926. The predicted molar refractivity (Wildman–Crippen MR) is 105 cm³/mol. The van der Waals surface area contributed by atoms with Crippen molar-refractivity contribution < 1.29 is 13.3 Å². The summed E-state index contributed by atoms with van der Waals surface area (Å²) in [5.74, 6) is 0.249. The predicted octanol–water partition coefficient (Wildman–Crippen LogP) is 2.49. The number of benzene rings is 1. The number of pyridine rings is 1. The molecule has 8 nitrogen and oxygen atoms in total. The van der Waals surface area contributed by atoms with Gasteiger partial charge in [-0.2, -0.15) is 0 Å². The van der Waals surface area contributed by atoms with E-state index in [1.807, 2.05) is 12.3 Å². The fraction of sp³-hybridized carbons (Fsp3) is 0.421. The number of nitro groups is 1. The zero-order valence-corrected chi connectivity index (χ0v) is 16.6. The summed E-state index contributed by atoms with van der Waals surface area (Å²) in [6.45, 7) is 4.62. The van der Waals surface area contributed by atoms with Crippen LogP contribution in [0.1, 0.15) is 24.0 Å². The van der Waals surface area contributed by atoms with Gasteiger partial charge in [0.15, 0.2) is 0 Å². The molecule has 1 fully saturated rings. The topological polar surface area (TPSA) is 105 Å². The molecule has 2 aromatic rings. The average molecular weight is 404 g/mol. The van der Waals surface area contributed by atoms with Crippen molar-refractivity contribution in [1.82, 2.24) is 14.6 Å². The fourth-order valence-corrected chi connectivity index (χ4v) is 4.77. The van der Waals surface area contributed by atoms with Crippen molar-refractivity contribution in [3.8, 4) is 0 Å². The Kier molecular flexibility index (Phi) is 6.38. The highest BCUT2D eigenvalue weighted by Crippen LogP contribution is 2.23. The first-order valence-electron chi connectivity index (χ1n) is 9.21. The number of nitrogens with one attached hydrogen (secondary N) is 1. The number of non-ortho nitro benzene ring substituents is 1. The molecule has 150 valence electrons. The van der Waals surface area contributed by atoms with Gasteiger partial charge < -0.3 is 0 Å². The van der Waals surface area contributed by atoms with Crippen LogP contribution in [0.25, 0.3) is 0 Å². The molecule has 0 saturated carbocycles. The molecule has 0 spiro atoms. The molecule has 1 aliphatic rings. The van der Waals surface area contributed by atoms with E-state index in [9.17, 15) is 18.5 Å². The van der Waals surface area contributed by atoms with Crippen molar-refractivity contribution in [3.63, 3.8) is 0 Å². The minimum Gasteiger partial charge on any atom is -0.299 e. The van der Waals surface area contributed by atoms with E-state index in [4.69, 9.17) is 0 Å². The molecule has 1 aromatic carbocycles. The molecule has 0 bridgehead atoms. The first-order chi connectivity index (χ1) is 13.3. The van der Waals surface area contributed by atoms with Gasteiger partial charge in [-0.25, -0.2) is 13.1 Å². The van der Waals surface area contributed by atoms with E-state index in [0.717, 1.165) is 38.5 Å². The molecule has 2 heterocycles. The van der Waals surface area contributed by atoms with Crippen LogP contribution in [0.4, 0.5) is 5.69 Å². The van der Waals surface area contributed by atoms with Crippen LogP contribution in [-0.2, 0) is 16.6 Å². The molecule has 1 aliphatic heterocycles. The smallest absolute Gasteiger partial charge is 0.270 e. The lowest BCUT2D eigenvalue weighted by Gasteiger charge is -2.32. The van der Waals surface area contributed by atoms with Gasteiger partial charge in [-0.15, -0.1) is 0 Å². The Labute approximate surface area is 164 Å². The van der Waals surface area contributed by atoms with E-state index in [0.29, 0.717) is 12.1 Å². The molecule has 1 saturated heterocycles. The summed E-state index contributed by atoms with van der Waals surface area (Å²) < 4.78 is 27.9. The summed E-state index contributed by atoms with van der Waals surface area (Å²) in [4.78, 5) is 16.8. The number of nitro benzene ring substituents is 1. The van der Waals surface area contributed by atoms with Crippen molar-refractivity contribution in [2.24, 2.45) is 5.92 Å². The second kappa shape index (κ2) is 8.76. The zero-order valence-electron chi connectivity index (χ0n) is 15.7. The minimum atomic E-state index is -3.78. The number of aromatic nitrogens is 1. The quantitative estimate of drug-likeness (QED) is 0.561. The minimum absolute atomic E-state index is 0.0317. The van der Waals surface area contributed by atoms with E-state index < -0.39 is 14.9 Å². The summed E-state index contributed by atoms with van der Waals surface area (Å²) in [6.07, 6.45) is 5.42. The number of hydrogen-bond donors (Lipinski definition) is 1. The van der Waals surface area contributed by atoms with E-state index >= 15 is 0 Å². The summed E-state index contributed by atoms with van der Waals surface area (Å²) in [5, 5.41) is 10.9. The number of likely N-dealkylation sites (tertiary alicyclic amines) is 1. The Hall–Kier alpha value is -2.36. The number of aryl methyl sites for hydroxylation is 1. The second-order valence-electron chi connectivity index (χ2n) is 7.14. The van der Waals surface area contributed by atoms with Gasteiger partial charge in [0.05, 0.1) is 9.82 Å². The number of rotatable bonds is 7. The highest BCUT2D eigenvalue weighted by atomic mass is 32.2. The maximum absolute atomic E-state index is 12.6. The largest absolute Gasteiger partial charge is 0.299 e. The van der Waals surface area contributed by atoms with Crippen LogP contribution in [-0.4, -0.2) is 42.9 Å². The van der Waals surface area contributed by atoms with Crippen LogP contribution in [0.5, 0.6) is 0 Å². The molecule has 0 unspecified atom stereocenters. The third kappa shape index (κ3) is 5.12. The van der Waals surface area contributed by atoms with E-state index in [2.05, 4.69) is 20.7 Å². The number of hydrogen-bond acceptors (Lipinski definition) is 6. The van der Waals surface area contributed by atoms with Gasteiger partial charge in [0.1, 0.15) is 0 Å². The summed E-state index contributed by atoms with van der Waals surface area (Å²) in [6, 6.07) is 7.87. The van der Waals surface area contributed by atoms with Gasteiger partial charge in [-0.05, 0) is 56.0 Å².